The summed E-state index contributed by atoms with van der Waals surface area (Å²) in [4.78, 5) is 11.8. The molecule has 0 aliphatic carbocycles. The summed E-state index contributed by atoms with van der Waals surface area (Å²) in [5.41, 5.74) is 2.68. The number of allylic oxidation sites excluding steroid dienone is 1. The molecule has 0 spiro atoms. The monoisotopic (exact) mass is 287 g/mol. The van der Waals surface area contributed by atoms with Gasteiger partial charge in [0.05, 0.1) is 6.61 Å². The molecule has 112 valence electrons. The van der Waals surface area contributed by atoms with Crippen LogP contribution in [0, 0.1) is 0 Å². The number of rotatable bonds is 5. The van der Waals surface area contributed by atoms with Crippen molar-refractivity contribution in [3.63, 3.8) is 0 Å². The molecular weight excluding hydrogens is 266 g/mol. The summed E-state index contributed by atoms with van der Waals surface area (Å²) in [5.74, 6) is -0.0105. The van der Waals surface area contributed by atoms with Crippen LogP contribution in [-0.2, 0) is 9.47 Å². The van der Waals surface area contributed by atoms with Gasteiger partial charge in [0, 0.05) is 23.4 Å². The first-order valence-electron chi connectivity index (χ1n) is 7.69. The summed E-state index contributed by atoms with van der Waals surface area (Å²) in [6.45, 7) is 1.52. The van der Waals surface area contributed by atoms with Gasteiger partial charge in [0.2, 0.25) is 0 Å². The van der Waals surface area contributed by atoms with Crippen LogP contribution in [0.4, 0.5) is 0 Å². The summed E-state index contributed by atoms with van der Waals surface area (Å²) in [6, 6.07) is 7.68. The first kappa shape index (κ1) is 14.3. The standard InChI is InChI=1S/C17H21NO3/c19-17-14-8-2-1-7-13(14)15(18-17)9-3-5-11-20-16-10-4-6-12-21-16/h1-2,7-9,16H,3-6,10-12H2,(H,18,19)/b15-9-. The van der Waals surface area contributed by atoms with Crippen molar-refractivity contribution in [1.29, 1.82) is 0 Å². The third-order valence-electron chi connectivity index (χ3n) is 3.85. The average Bonchev–Trinajstić information content (AvgIpc) is 2.85. The van der Waals surface area contributed by atoms with Gasteiger partial charge in [0.15, 0.2) is 6.29 Å². The third kappa shape index (κ3) is 3.52. The second-order valence-electron chi connectivity index (χ2n) is 5.43. The fourth-order valence-electron chi connectivity index (χ4n) is 2.72. The molecule has 2 aliphatic rings. The fraction of sp³-hybridized carbons (Fsp3) is 0.471. The highest BCUT2D eigenvalue weighted by molar-refractivity contribution is 6.09. The maximum absolute atomic E-state index is 11.8. The number of carbonyl (C=O) groups is 1. The lowest BCUT2D eigenvalue weighted by molar-refractivity contribution is -0.162. The van der Waals surface area contributed by atoms with Gasteiger partial charge in [-0.25, -0.2) is 0 Å². The Labute approximate surface area is 125 Å². The van der Waals surface area contributed by atoms with Crippen molar-refractivity contribution in [2.24, 2.45) is 0 Å². The highest BCUT2D eigenvalue weighted by atomic mass is 16.7. The van der Waals surface area contributed by atoms with Gasteiger partial charge in [-0.2, -0.15) is 0 Å². The number of benzene rings is 1. The SMILES string of the molecule is O=C1N/C(=C\CCCOC2CCCCO2)c2ccccc21. The first-order chi connectivity index (χ1) is 10.3. The molecular formula is C17H21NO3. The zero-order valence-corrected chi connectivity index (χ0v) is 12.1. The maximum atomic E-state index is 11.8. The molecule has 1 aromatic carbocycles. The molecule has 1 aromatic rings. The Bertz CT molecular complexity index is 533. The van der Waals surface area contributed by atoms with E-state index in [0.29, 0.717) is 6.61 Å². The van der Waals surface area contributed by atoms with Crippen LogP contribution in [0.5, 0.6) is 0 Å². The van der Waals surface area contributed by atoms with Crippen LogP contribution in [0.2, 0.25) is 0 Å². The Morgan fingerprint density at radius 3 is 2.95 bits per heavy atom. The number of ether oxygens (including phenoxy) is 2. The molecule has 2 aliphatic heterocycles. The first-order valence-corrected chi connectivity index (χ1v) is 7.69. The van der Waals surface area contributed by atoms with E-state index in [1.807, 2.05) is 24.3 Å². The molecule has 21 heavy (non-hydrogen) atoms. The second-order valence-corrected chi connectivity index (χ2v) is 5.43. The van der Waals surface area contributed by atoms with Crippen molar-refractivity contribution in [2.45, 2.75) is 38.4 Å². The van der Waals surface area contributed by atoms with E-state index in [1.165, 1.54) is 6.42 Å². The Hall–Kier alpha value is -1.65. The smallest absolute Gasteiger partial charge is 0.256 e. The predicted molar refractivity (Wildman–Crippen MR) is 80.7 cm³/mol. The summed E-state index contributed by atoms with van der Waals surface area (Å²) < 4.78 is 11.2. The van der Waals surface area contributed by atoms with Crippen molar-refractivity contribution in [3.05, 3.63) is 41.5 Å². The Balaban J connectivity index is 1.46. The number of carbonyl (C=O) groups excluding carboxylic acids is 1. The third-order valence-corrected chi connectivity index (χ3v) is 3.85. The van der Waals surface area contributed by atoms with Gasteiger partial charge in [-0.15, -0.1) is 0 Å². The molecule has 0 bridgehead atoms. The molecule has 4 heteroatoms. The number of hydrogen-bond donors (Lipinski definition) is 1. The van der Waals surface area contributed by atoms with Gasteiger partial charge in [-0.3, -0.25) is 4.79 Å². The Morgan fingerprint density at radius 2 is 2.14 bits per heavy atom. The van der Waals surface area contributed by atoms with Gasteiger partial charge < -0.3 is 14.8 Å². The molecule has 1 unspecified atom stereocenters. The van der Waals surface area contributed by atoms with E-state index in [9.17, 15) is 4.79 Å². The molecule has 4 nitrogen and oxygen atoms in total. The van der Waals surface area contributed by atoms with Gasteiger partial charge in [-0.1, -0.05) is 24.3 Å². The van der Waals surface area contributed by atoms with Gasteiger partial charge in [-0.05, 0) is 38.2 Å². The zero-order valence-electron chi connectivity index (χ0n) is 12.1. The van der Waals surface area contributed by atoms with Crippen LogP contribution < -0.4 is 5.32 Å². The molecule has 1 atom stereocenters. The summed E-state index contributed by atoms with van der Waals surface area (Å²) in [6.07, 6.45) is 7.22. The van der Waals surface area contributed by atoms with Crippen molar-refractivity contribution in [2.75, 3.05) is 13.2 Å². The Morgan fingerprint density at radius 1 is 1.29 bits per heavy atom. The molecule has 2 heterocycles. The second kappa shape index (κ2) is 6.87. The summed E-state index contributed by atoms with van der Waals surface area (Å²) in [7, 11) is 0. The van der Waals surface area contributed by atoms with Crippen LogP contribution in [0.15, 0.2) is 30.3 Å². The largest absolute Gasteiger partial charge is 0.353 e. The highest BCUT2D eigenvalue weighted by Crippen LogP contribution is 2.24. The molecule has 0 saturated carbocycles. The molecule has 1 fully saturated rings. The quantitative estimate of drug-likeness (QED) is 0.847. The van der Waals surface area contributed by atoms with E-state index in [0.717, 1.165) is 49.1 Å². The van der Waals surface area contributed by atoms with Crippen LogP contribution in [0.1, 0.15) is 48.0 Å². The van der Waals surface area contributed by atoms with Crippen molar-refractivity contribution in [3.8, 4) is 0 Å². The summed E-state index contributed by atoms with van der Waals surface area (Å²) >= 11 is 0. The minimum Gasteiger partial charge on any atom is -0.353 e. The molecule has 1 N–H and O–H groups in total. The van der Waals surface area contributed by atoms with Crippen LogP contribution in [-0.4, -0.2) is 25.4 Å². The molecule has 1 saturated heterocycles. The van der Waals surface area contributed by atoms with Crippen LogP contribution in [0.25, 0.3) is 5.70 Å². The van der Waals surface area contributed by atoms with Crippen molar-refractivity contribution < 1.29 is 14.3 Å². The minimum atomic E-state index is -0.0155. The topological polar surface area (TPSA) is 47.6 Å². The van der Waals surface area contributed by atoms with Gasteiger partial charge in [0.1, 0.15) is 0 Å². The van der Waals surface area contributed by atoms with Crippen LogP contribution >= 0.6 is 0 Å². The van der Waals surface area contributed by atoms with Crippen molar-refractivity contribution >= 4 is 11.6 Å². The number of hydrogen-bond acceptors (Lipinski definition) is 3. The van der Waals surface area contributed by atoms with Gasteiger partial charge in [0.25, 0.3) is 5.91 Å². The van der Waals surface area contributed by atoms with Gasteiger partial charge >= 0.3 is 0 Å². The lowest BCUT2D eigenvalue weighted by Crippen LogP contribution is -2.22. The number of unbranched alkanes of at least 4 members (excludes halogenated alkanes) is 1. The van der Waals surface area contributed by atoms with E-state index >= 15 is 0 Å². The molecule has 0 radical (unpaired) electrons. The van der Waals surface area contributed by atoms with Crippen molar-refractivity contribution in [1.82, 2.24) is 5.32 Å². The lowest BCUT2D eigenvalue weighted by Gasteiger charge is -2.22. The maximum Gasteiger partial charge on any atom is 0.256 e. The number of nitrogens with one attached hydrogen (secondary N) is 1. The van der Waals surface area contributed by atoms with E-state index in [4.69, 9.17) is 9.47 Å². The summed E-state index contributed by atoms with van der Waals surface area (Å²) in [5, 5.41) is 2.92. The van der Waals surface area contributed by atoms with E-state index in [-0.39, 0.29) is 12.2 Å². The molecule has 1 amide bonds. The normalized spacial score (nSPS) is 23.1. The van der Waals surface area contributed by atoms with E-state index in [1.54, 1.807) is 0 Å². The molecule has 3 rings (SSSR count). The van der Waals surface area contributed by atoms with Crippen LogP contribution in [0.3, 0.4) is 0 Å². The average molecular weight is 287 g/mol. The van der Waals surface area contributed by atoms with E-state index < -0.39 is 0 Å². The van der Waals surface area contributed by atoms with E-state index in [2.05, 4.69) is 11.4 Å². The highest BCUT2D eigenvalue weighted by Gasteiger charge is 2.22. The zero-order chi connectivity index (χ0) is 14.5. The Kier molecular flexibility index (Phi) is 4.68. The fourth-order valence-corrected chi connectivity index (χ4v) is 2.72. The minimum absolute atomic E-state index is 0.0105. The number of fused-ring (bicyclic) bond motifs is 1. The molecule has 0 aromatic heterocycles. The lowest BCUT2D eigenvalue weighted by atomic mass is 10.1. The number of amides is 1. The predicted octanol–water partition coefficient (Wildman–Crippen LogP) is 3.09.